The summed E-state index contributed by atoms with van der Waals surface area (Å²) >= 11 is 1.79. The molecular formula is C20H28N6S. The highest BCUT2D eigenvalue weighted by Gasteiger charge is 2.27. The van der Waals surface area contributed by atoms with Crippen LogP contribution in [0.5, 0.6) is 0 Å². The molecule has 3 aromatic heterocycles. The first-order valence-electron chi connectivity index (χ1n) is 9.84. The molecule has 1 aliphatic heterocycles. The summed E-state index contributed by atoms with van der Waals surface area (Å²) in [6.07, 6.45) is 5.22. The average molecular weight is 385 g/mol. The van der Waals surface area contributed by atoms with Gasteiger partial charge < -0.3 is 9.80 Å². The van der Waals surface area contributed by atoms with Crippen LogP contribution in [0.3, 0.4) is 0 Å². The maximum atomic E-state index is 4.97. The second-order valence-electron chi connectivity index (χ2n) is 7.29. The highest BCUT2D eigenvalue weighted by Crippen LogP contribution is 2.33. The fourth-order valence-electron chi connectivity index (χ4n) is 3.96. The number of aryl methyl sites for hydroxylation is 2. The van der Waals surface area contributed by atoms with Gasteiger partial charge in [-0.2, -0.15) is 5.10 Å². The SMILES string of the molecule is CCN1CCC(N(CCc2ccccn2)c2nc3c(s2)c(C)nn3C)CC1. The minimum atomic E-state index is 0.547. The number of nitrogens with zero attached hydrogens (tertiary/aromatic N) is 6. The van der Waals surface area contributed by atoms with E-state index in [0.717, 1.165) is 41.7 Å². The van der Waals surface area contributed by atoms with Crippen LogP contribution in [0.15, 0.2) is 24.4 Å². The van der Waals surface area contributed by atoms with Gasteiger partial charge in [0, 0.05) is 51.0 Å². The Morgan fingerprint density at radius 2 is 2.07 bits per heavy atom. The van der Waals surface area contributed by atoms with Gasteiger partial charge in [-0.15, -0.1) is 0 Å². The van der Waals surface area contributed by atoms with E-state index in [-0.39, 0.29) is 0 Å². The van der Waals surface area contributed by atoms with E-state index in [1.54, 1.807) is 11.3 Å². The maximum Gasteiger partial charge on any atom is 0.188 e. The molecule has 4 heterocycles. The zero-order valence-corrected chi connectivity index (χ0v) is 17.2. The minimum absolute atomic E-state index is 0.547. The lowest BCUT2D eigenvalue weighted by Gasteiger charge is -2.38. The molecule has 3 aromatic rings. The number of hydrogen-bond donors (Lipinski definition) is 0. The Morgan fingerprint density at radius 3 is 2.74 bits per heavy atom. The molecule has 0 spiro atoms. The highest BCUT2D eigenvalue weighted by atomic mass is 32.1. The smallest absolute Gasteiger partial charge is 0.188 e. The Kier molecular flexibility index (Phi) is 5.41. The van der Waals surface area contributed by atoms with Gasteiger partial charge in [-0.25, -0.2) is 9.67 Å². The second-order valence-corrected chi connectivity index (χ2v) is 8.27. The van der Waals surface area contributed by atoms with Gasteiger partial charge in [-0.3, -0.25) is 4.98 Å². The van der Waals surface area contributed by atoms with Crippen molar-refractivity contribution >= 4 is 26.8 Å². The van der Waals surface area contributed by atoms with Crippen LogP contribution >= 0.6 is 11.3 Å². The number of fused-ring (bicyclic) bond motifs is 1. The van der Waals surface area contributed by atoms with E-state index >= 15 is 0 Å². The van der Waals surface area contributed by atoms with Crippen LogP contribution in [-0.2, 0) is 13.5 Å². The predicted octanol–water partition coefficient (Wildman–Crippen LogP) is 3.27. The van der Waals surface area contributed by atoms with E-state index < -0.39 is 0 Å². The van der Waals surface area contributed by atoms with E-state index in [1.807, 2.05) is 24.0 Å². The molecule has 144 valence electrons. The summed E-state index contributed by atoms with van der Waals surface area (Å²) in [6.45, 7) is 8.77. The number of hydrogen-bond acceptors (Lipinski definition) is 6. The standard InChI is InChI=1S/C20H28N6S/c1-4-25-12-9-17(10-13-25)26(14-8-16-7-5-6-11-21-16)20-22-19-18(27-20)15(2)23-24(19)3/h5-7,11,17H,4,8-10,12-14H2,1-3H3. The van der Waals surface area contributed by atoms with Crippen LogP contribution in [0.2, 0.25) is 0 Å². The molecular weight excluding hydrogens is 356 g/mol. The molecule has 1 aliphatic rings. The molecule has 0 unspecified atom stereocenters. The lowest BCUT2D eigenvalue weighted by Crippen LogP contribution is -2.45. The van der Waals surface area contributed by atoms with E-state index in [1.165, 1.54) is 30.6 Å². The van der Waals surface area contributed by atoms with Crippen LogP contribution in [0, 0.1) is 6.92 Å². The summed E-state index contributed by atoms with van der Waals surface area (Å²) in [5, 5.41) is 5.64. The Hall–Kier alpha value is -1.99. The Labute approximate surface area is 164 Å². The van der Waals surface area contributed by atoms with Crippen molar-refractivity contribution in [3.63, 3.8) is 0 Å². The molecule has 0 saturated carbocycles. The second kappa shape index (κ2) is 7.94. The van der Waals surface area contributed by atoms with Gasteiger partial charge in [0.15, 0.2) is 10.8 Å². The van der Waals surface area contributed by atoms with Gasteiger partial charge in [0.2, 0.25) is 0 Å². The van der Waals surface area contributed by atoms with Crippen LogP contribution < -0.4 is 4.90 Å². The van der Waals surface area contributed by atoms with Crippen molar-refractivity contribution in [3.8, 4) is 0 Å². The number of anilines is 1. The van der Waals surface area contributed by atoms with Crippen LogP contribution in [0.1, 0.15) is 31.2 Å². The van der Waals surface area contributed by atoms with Gasteiger partial charge in [0.25, 0.3) is 0 Å². The summed E-state index contributed by atoms with van der Waals surface area (Å²) in [7, 11) is 1.98. The van der Waals surface area contributed by atoms with Crippen molar-refractivity contribution in [3.05, 3.63) is 35.8 Å². The van der Waals surface area contributed by atoms with Gasteiger partial charge in [-0.05, 0) is 38.4 Å². The fraction of sp³-hybridized carbons (Fsp3) is 0.550. The topological polar surface area (TPSA) is 50.1 Å². The van der Waals surface area contributed by atoms with E-state index in [0.29, 0.717) is 6.04 Å². The summed E-state index contributed by atoms with van der Waals surface area (Å²) in [6, 6.07) is 6.71. The lowest BCUT2D eigenvalue weighted by molar-refractivity contribution is 0.218. The molecule has 0 aliphatic carbocycles. The van der Waals surface area contributed by atoms with Crippen molar-refractivity contribution in [2.45, 2.75) is 39.2 Å². The zero-order chi connectivity index (χ0) is 18.8. The molecule has 1 saturated heterocycles. The monoisotopic (exact) mass is 384 g/mol. The van der Waals surface area contributed by atoms with Crippen LogP contribution in [0.4, 0.5) is 5.13 Å². The molecule has 1 fully saturated rings. The number of pyridine rings is 1. The number of likely N-dealkylation sites (tertiary alicyclic amines) is 1. The molecule has 27 heavy (non-hydrogen) atoms. The molecule has 0 amide bonds. The van der Waals surface area contributed by atoms with Gasteiger partial charge in [-0.1, -0.05) is 24.3 Å². The molecule has 0 N–H and O–H groups in total. The molecule has 0 atom stereocenters. The molecule has 0 bridgehead atoms. The molecule has 0 aromatic carbocycles. The molecule has 7 heteroatoms. The zero-order valence-electron chi connectivity index (χ0n) is 16.4. The minimum Gasteiger partial charge on any atom is -0.345 e. The van der Waals surface area contributed by atoms with Crippen LogP contribution in [-0.4, -0.2) is 56.9 Å². The van der Waals surface area contributed by atoms with Gasteiger partial charge in [0.05, 0.1) is 10.4 Å². The van der Waals surface area contributed by atoms with Crippen molar-refractivity contribution in [1.29, 1.82) is 0 Å². The summed E-state index contributed by atoms with van der Waals surface area (Å²) in [5.41, 5.74) is 3.22. The Morgan fingerprint density at radius 1 is 1.26 bits per heavy atom. The number of rotatable bonds is 6. The number of aromatic nitrogens is 4. The van der Waals surface area contributed by atoms with Crippen molar-refractivity contribution in [2.24, 2.45) is 7.05 Å². The third-order valence-electron chi connectivity index (χ3n) is 5.56. The normalized spacial score (nSPS) is 16.3. The van der Waals surface area contributed by atoms with Crippen molar-refractivity contribution in [2.75, 3.05) is 31.1 Å². The number of piperidine rings is 1. The summed E-state index contributed by atoms with van der Waals surface area (Å²) in [4.78, 5) is 14.6. The Balaban J connectivity index is 1.59. The first kappa shape index (κ1) is 18.4. The lowest BCUT2D eigenvalue weighted by atomic mass is 10.0. The molecule has 4 rings (SSSR count). The van der Waals surface area contributed by atoms with Gasteiger partial charge in [0.1, 0.15) is 0 Å². The van der Waals surface area contributed by atoms with E-state index in [2.05, 4.69) is 45.9 Å². The Bertz CT molecular complexity index is 844. The summed E-state index contributed by atoms with van der Waals surface area (Å²) < 4.78 is 3.11. The summed E-state index contributed by atoms with van der Waals surface area (Å²) in [5.74, 6) is 0. The fourth-order valence-corrected chi connectivity index (χ4v) is 5.09. The largest absolute Gasteiger partial charge is 0.345 e. The van der Waals surface area contributed by atoms with Crippen molar-refractivity contribution < 1.29 is 0 Å². The highest BCUT2D eigenvalue weighted by molar-refractivity contribution is 7.22. The van der Waals surface area contributed by atoms with Crippen molar-refractivity contribution in [1.82, 2.24) is 24.6 Å². The van der Waals surface area contributed by atoms with Crippen LogP contribution in [0.25, 0.3) is 10.3 Å². The molecule has 0 radical (unpaired) electrons. The third kappa shape index (κ3) is 3.84. The predicted molar refractivity (Wildman–Crippen MR) is 112 cm³/mol. The quantitative estimate of drug-likeness (QED) is 0.653. The average Bonchev–Trinajstić information content (AvgIpc) is 3.25. The third-order valence-corrected chi connectivity index (χ3v) is 6.75. The molecule has 6 nitrogen and oxygen atoms in total. The number of thiazole rings is 1. The first-order chi connectivity index (χ1) is 13.2. The van der Waals surface area contributed by atoms with E-state index in [4.69, 9.17) is 4.98 Å². The maximum absolute atomic E-state index is 4.97. The first-order valence-corrected chi connectivity index (χ1v) is 10.7. The van der Waals surface area contributed by atoms with E-state index in [9.17, 15) is 0 Å². The van der Waals surface area contributed by atoms with Gasteiger partial charge >= 0.3 is 0 Å².